The van der Waals surface area contributed by atoms with Crippen LogP contribution in [0.2, 0.25) is 0 Å². The summed E-state index contributed by atoms with van der Waals surface area (Å²) in [4.78, 5) is 29.4. The summed E-state index contributed by atoms with van der Waals surface area (Å²) in [6, 6.07) is 14.2. The molecule has 1 heterocycles. The molecule has 178 valence electrons. The van der Waals surface area contributed by atoms with E-state index in [0.29, 0.717) is 42.3 Å². The van der Waals surface area contributed by atoms with Crippen LogP contribution >= 0.6 is 0 Å². The standard InChI is InChI=1S/C26H31N5O3/c1-6-34-25(33)20-10-12-22(13-11-20)28-26(29-24(32)21-9-7-8-17(2)16-21)27-15-14-23-18(3)30-31(5)19(23)4/h7-13,16H,6,14-15H2,1-5H3,(H2,27,28,29,32). The molecule has 34 heavy (non-hydrogen) atoms. The first-order valence-corrected chi connectivity index (χ1v) is 11.2. The lowest BCUT2D eigenvalue weighted by Gasteiger charge is -2.13. The van der Waals surface area contributed by atoms with Crippen LogP contribution in [0.5, 0.6) is 0 Å². The molecule has 8 heteroatoms. The predicted octanol–water partition coefficient (Wildman–Crippen LogP) is 3.96. The fraction of sp³-hybridized carbons (Fsp3) is 0.308. The highest BCUT2D eigenvalue weighted by Crippen LogP contribution is 2.14. The number of esters is 1. The molecule has 0 aliphatic carbocycles. The van der Waals surface area contributed by atoms with E-state index >= 15 is 0 Å². The Bertz CT molecular complexity index is 1200. The van der Waals surface area contributed by atoms with Crippen LogP contribution < -0.4 is 10.6 Å². The molecule has 0 saturated carbocycles. The van der Waals surface area contributed by atoms with Crippen molar-refractivity contribution in [2.75, 3.05) is 18.5 Å². The van der Waals surface area contributed by atoms with Gasteiger partial charge in [0.2, 0.25) is 5.96 Å². The molecule has 0 spiro atoms. The summed E-state index contributed by atoms with van der Waals surface area (Å²) in [5.41, 5.74) is 5.91. The Morgan fingerprint density at radius 2 is 1.79 bits per heavy atom. The average molecular weight is 462 g/mol. The summed E-state index contributed by atoms with van der Waals surface area (Å²) >= 11 is 0. The van der Waals surface area contributed by atoms with Crippen molar-refractivity contribution in [3.63, 3.8) is 0 Å². The predicted molar refractivity (Wildman–Crippen MR) is 133 cm³/mol. The third-order valence-electron chi connectivity index (χ3n) is 5.46. The maximum atomic E-state index is 12.9. The number of amides is 1. The van der Waals surface area contributed by atoms with Gasteiger partial charge in [-0.05, 0) is 76.1 Å². The molecule has 0 atom stereocenters. The lowest BCUT2D eigenvalue weighted by atomic mass is 10.1. The highest BCUT2D eigenvalue weighted by atomic mass is 16.5. The Kier molecular flexibility index (Phi) is 8.19. The number of aromatic nitrogens is 2. The molecule has 0 saturated heterocycles. The monoisotopic (exact) mass is 461 g/mol. The Hall–Kier alpha value is -3.94. The van der Waals surface area contributed by atoms with Gasteiger partial charge < -0.3 is 10.1 Å². The summed E-state index contributed by atoms with van der Waals surface area (Å²) in [5, 5.41) is 10.5. The molecule has 0 aliphatic heterocycles. The largest absolute Gasteiger partial charge is 0.462 e. The van der Waals surface area contributed by atoms with Crippen molar-refractivity contribution in [2.24, 2.45) is 12.0 Å². The SMILES string of the molecule is CCOC(=O)c1ccc(NC(=NCCc2c(C)nn(C)c2C)NC(=O)c2cccc(C)c2)cc1. The van der Waals surface area contributed by atoms with Gasteiger partial charge in [0.25, 0.3) is 5.91 Å². The average Bonchev–Trinajstić information content (AvgIpc) is 3.05. The number of nitrogens with zero attached hydrogens (tertiary/aromatic N) is 3. The van der Waals surface area contributed by atoms with Crippen molar-refractivity contribution in [3.8, 4) is 0 Å². The summed E-state index contributed by atoms with van der Waals surface area (Å²) in [5.74, 6) is -0.306. The molecule has 3 aromatic rings. The topological polar surface area (TPSA) is 97.6 Å². The minimum atomic E-state index is -0.377. The van der Waals surface area contributed by atoms with Crippen molar-refractivity contribution in [1.29, 1.82) is 0 Å². The van der Waals surface area contributed by atoms with E-state index < -0.39 is 0 Å². The third kappa shape index (κ3) is 6.31. The number of guanidine groups is 1. The van der Waals surface area contributed by atoms with Gasteiger partial charge in [0.05, 0.1) is 17.9 Å². The number of aryl methyl sites for hydroxylation is 3. The van der Waals surface area contributed by atoms with Crippen molar-refractivity contribution in [3.05, 3.63) is 82.2 Å². The first-order valence-electron chi connectivity index (χ1n) is 11.2. The fourth-order valence-electron chi connectivity index (χ4n) is 3.58. The summed E-state index contributed by atoms with van der Waals surface area (Å²) in [6.07, 6.45) is 0.693. The van der Waals surface area contributed by atoms with Crippen LogP contribution in [0.3, 0.4) is 0 Å². The Morgan fingerprint density at radius 3 is 2.41 bits per heavy atom. The Balaban J connectivity index is 1.78. The highest BCUT2D eigenvalue weighted by Gasteiger charge is 2.12. The van der Waals surface area contributed by atoms with E-state index in [1.54, 1.807) is 37.3 Å². The van der Waals surface area contributed by atoms with E-state index in [4.69, 9.17) is 4.74 Å². The molecular weight excluding hydrogens is 430 g/mol. The molecule has 1 aromatic heterocycles. The van der Waals surface area contributed by atoms with Crippen LogP contribution in [-0.4, -0.2) is 40.8 Å². The number of hydrogen-bond acceptors (Lipinski definition) is 5. The van der Waals surface area contributed by atoms with Crippen LogP contribution in [0, 0.1) is 20.8 Å². The zero-order valence-electron chi connectivity index (χ0n) is 20.3. The van der Waals surface area contributed by atoms with Gasteiger partial charge in [-0.15, -0.1) is 0 Å². The van der Waals surface area contributed by atoms with Gasteiger partial charge >= 0.3 is 5.97 Å². The molecule has 0 unspecified atom stereocenters. The first kappa shape index (κ1) is 24.7. The van der Waals surface area contributed by atoms with E-state index in [-0.39, 0.29) is 11.9 Å². The lowest BCUT2D eigenvalue weighted by molar-refractivity contribution is 0.0526. The van der Waals surface area contributed by atoms with Crippen LogP contribution in [0.1, 0.15) is 50.2 Å². The summed E-state index contributed by atoms with van der Waals surface area (Å²) in [6.45, 7) is 8.50. The van der Waals surface area contributed by atoms with Crippen molar-refractivity contribution in [2.45, 2.75) is 34.1 Å². The van der Waals surface area contributed by atoms with Crippen LogP contribution in [-0.2, 0) is 18.2 Å². The van der Waals surface area contributed by atoms with Gasteiger partial charge in [0.1, 0.15) is 0 Å². The van der Waals surface area contributed by atoms with Gasteiger partial charge in [-0.1, -0.05) is 17.7 Å². The zero-order chi connectivity index (χ0) is 24.7. The number of anilines is 1. The summed E-state index contributed by atoms with van der Waals surface area (Å²) < 4.78 is 6.89. The first-order chi connectivity index (χ1) is 16.3. The maximum Gasteiger partial charge on any atom is 0.338 e. The van der Waals surface area contributed by atoms with Crippen molar-refractivity contribution in [1.82, 2.24) is 15.1 Å². The number of ether oxygens (including phenoxy) is 1. The van der Waals surface area contributed by atoms with Gasteiger partial charge in [-0.25, -0.2) is 4.79 Å². The second kappa shape index (κ2) is 11.3. The smallest absolute Gasteiger partial charge is 0.338 e. The molecule has 0 aliphatic rings. The Morgan fingerprint density at radius 1 is 1.06 bits per heavy atom. The molecule has 0 bridgehead atoms. The fourth-order valence-corrected chi connectivity index (χ4v) is 3.58. The molecule has 2 N–H and O–H groups in total. The Labute approximate surface area is 200 Å². The van der Waals surface area contributed by atoms with Gasteiger partial charge in [0.15, 0.2) is 0 Å². The minimum absolute atomic E-state index is 0.258. The number of nitrogens with one attached hydrogen (secondary N) is 2. The third-order valence-corrected chi connectivity index (χ3v) is 5.46. The number of carbonyl (C=O) groups is 2. The minimum Gasteiger partial charge on any atom is -0.462 e. The zero-order valence-corrected chi connectivity index (χ0v) is 20.3. The van der Waals surface area contributed by atoms with Crippen molar-refractivity contribution < 1.29 is 14.3 Å². The normalized spacial score (nSPS) is 11.3. The molecule has 0 radical (unpaired) electrons. The van der Waals surface area contributed by atoms with Gasteiger partial charge in [-0.3, -0.25) is 19.8 Å². The molecular formula is C26H31N5O3. The quantitative estimate of drug-likeness (QED) is 0.315. The number of hydrogen-bond donors (Lipinski definition) is 2. The number of aliphatic imine (C=N–C) groups is 1. The molecule has 0 fully saturated rings. The van der Waals surface area contributed by atoms with Gasteiger partial charge in [0, 0.05) is 30.5 Å². The van der Waals surface area contributed by atoms with Crippen LogP contribution in [0.4, 0.5) is 5.69 Å². The molecule has 3 rings (SSSR count). The maximum absolute atomic E-state index is 12.9. The van der Waals surface area contributed by atoms with E-state index in [0.717, 1.165) is 22.5 Å². The second-order valence-electron chi connectivity index (χ2n) is 8.00. The molecule has 8 nitrogen and oxygen atoms in total. The molecule has 2 aromatic carbocycles. The van der Waals surface area contributed by atoms with Gasteiger partial charge in [-0.2, -0.15) is 5.10 Å². The van der Waals surface area contributed by atoms with Crippen LogP contribution in [0.15, 0.2) is 53.5 Å². The van der Waals surface area contributed by atoms with Crippen LogP contribution in [0.25, 0.3) is 0 Å². The number of carbonyl (C=O) groups excluding carboxylic acids is 2. The van der Waals surface area contributed by atoms with E-state index in [1.165, 1.54) is 0 Å². The number of rotatable bonds is 7. The second-order valence-corrected chi connectivity index (χ2v) is 8.00. The highest BCUT2D eigenvalue weighted by molar-refractivity contribution is 6.10. The van der Waals surface area contributed by atoms with Crippen molar-refractivity contribution >= 4 is 23.5 Å². The number of benzene rings is 2. The van der Waals surface area contributed by atoms with E-state index in [1.807, 2.05) is 50.7 Å². The van der Waals surface area contributed by atoms with E-state index in [9.17, 15) is 9.59 Å². The summed E-state index contributed by atoms with van der Waals surface area (Å²) in [7, 11) is 1.92. The molecule has 1 amide bonds. The lowest BCUT2D eigenvalue weighted by Crippen LogP contribution is -2.36. The van der Waals surface area contributed by atoms with E-state index in [2.05, 4.69) is 20.7 Å².